The maximum absolute atomic E-state index is 12.8. The number of rotatable bonds is 46. The zero-order valence-electron chi connectivity index (χ0n) is 38.8. The van der Waals surface area contributed by atoms with Crippen LogP contribution in [0.4, 0.5) is 0 Å². The summed E-state index contributed by atoms with van der Waals surface area (Å²) >= 11 is 0. The highest BCUT2D eigenvalue weighted by molar-refractivity contribution is 5.70. The molecule has 0 N–H and O–H groups in total. The van der Waals surface area contributed by atoms with E-state index < -0.39 is 6.10 Å². The zero-order valence-corrected chi connectivity index (χ0v) is 38.8. The smallest absolute Gasteiger partial charge is 0.306 e. The molecule has 0 heterocycles. The van der Waals surface area contributed by atoms with Crippen molar-refractivity contribution in [2.75, 3.05) is 19.8 Å². The molecule has 0 amide bonds. The van der Waals surface area contributed by atoms with Gasteiger partial charge in [0.05, 0.1) is 6.61 Å². The van der Waals surface area contributed by atoms with Gasteiger partial charge in [-0.15, -0.1) is 0 Å². The molecule has 0 spiro atoms. The lowest BCUT2D eigenvalue weighted by molar-refractivity contribution is -0.163. The van der Waals surface area contributed by atoms with Crippen molar-refractivity contribution in [3.63, 3.8) is 0 Å². The molecular formula is C53H96O5. The zero-order chi connectivity index (χ0) is 42.1. The Morgan fingerprint density at radius 1 is 0.379 bits per heavy atom. The summed E-state index contributed by atoms with van der Waals surface area (Å²) in [7, 11) is 0. The lowest BCUT2D eigenvalue weighted by Gasteiger charge is -2.18. The number of hydrogen-bond donors (Lipinski definition) is 0. The quantitative estimate of drug-likeness (QED) is 0.0348. The van der Waals surface area contributed by atoms with E-state index in [9.17, 15) is 9.59 Å². The van der Waals surface area contributed by atoms with Crippen LogP contribution in [-0.2, 0) is 23.8 Å². The summed E-state index contributed by atoms with van der Waals surface area (Å²) in [5.41, 5.74) is 0. The largest absolute Gasteiger partial charge is 0.462 e. The molecule has 5 nitrogen and oxygen atoms in total. The van der Waals surface area contributed by atoms with Gasteiger partial charge < -0.3 is 14.2 Å². The molecule has 0 fully saturated rings. The number of esters is 2. The van der Waals surface area contributed by atoms with Crippen molar-refractivity contribution in [3.05, 3.63) is 48.6 Å². The van der Waals surface area contributed by atoms with Crippen LogP contribution >= 0.6 is 0 Å². The van der Waals surface area contributed by atoms with E-state index in [2.05, 4.69) is 69.4 Å². The van der Waals surface area contributed by atoms with E-state index in [1.54, 1.807) is 0 Å². The Bertz CT molecular complexity index is 966. The molecule has 0 aromatic rings. The highest BCUT2D eigenvalue weighted by atomic mass is 16.6. The lowest BCUT2D eigenvalue weighted by atomic mass is 10.0. The number of allylic oxidation sites excluding steroid dienone is 8. The number of carbonyl (C=O) groups is 2. The average Bonchev–Trinajstić information content (AvgIpc) is 3.22. The maximum Gasteiger partial charge on any atom is 0.306 e. The monoisotopic (exact) mass is 813 g/mol. The van der Waals surface area contributed by atoms with Crippen LogP contribution < -0.4 is 0 Å². The summed E-state index contributed by atoms with van der Waals surface area (Å²) in [4.78, 5) is 25.3. The van der Waals surface area contributed by atoms with Crippen LogP contribution in [0, 0.1) is 0 Å². The first-order chi connectivity index (χ1) is 28.6. The molecule has 0 aromatic heterocycles. The third kappa shape index (κ3) is 46.5. The highest BCUT2D eigenvalue weighted by Gasteiger charge is 2.17. The van der Waals surface area contributed by atoms with Crippen LogP contribution in [0.2, 0.25) is 0 Å². The van der Waals surface area contributed by atoms with E-state index in [0.29, 0.717) is 19.4 Å². The molecule has 0 aliphatic carbocycles. The molecule has 0 radical (unpaired) electrons. The Hall–Kier alpha value is -2.14. The molecule has 338 valence electrons. The van der Waals surface area contributed by atoms with Crippen LogP contribution in [0.15, 0.2) is 48.6 Å². The van der Waals surface area contributed by atoms with Gasteiger partial charge >= 0.3 is 11.9 Å². The molecule has 0 bridgehead atoms. The van der Waals surface area contributed by atoms with Gasteiger partial charge in [-0.05, 0) is 77.0 Å². The molecule has 1 atom stereocenters. The Morgan fingerprint density at radius 2 is 0.759 bits per heavy atom. The van der Waals surface area contributed by atoms with Crippen molar-refractivity contribution in [3.8, 4) is 0 Å². The predicted molar refractivity (Wildman–Crippen MR) is 251 cm³/mol. The summed E-state index contributed by atoms with van der Waals surface area (Å²) in [6.07, 6.45) is 59.7. The van der Waals surface area contributed by atoms with E-state index >= 15 is 0 Å². The first kappa shape index (κ1) is 55.9. The van der Waals surface area contributed by atoms with Crippen LogP contribution in [0.25, 0.3) is 0 Å². The fraction of sp³-hybridized carbons (Fsp3) is 0.811. The minimum absolute atomic E-state index is 0.0762. The number of hydrogen-bond acceptors (Lipinski definition) is 5. The third-order valence-corrected chi connectivity index (χ3v) is 10.8. The molecule has 0 saturated carbocycles. The van der Waals surface area contributed by atoms with E-state index in [1.807, 2.05) is 0 Å². The standard InChI is InChI=1S/C53H96O5/c1-4-7-10-13-16-19-22-25-26-27-30-33-36-39-42-45-48-56-49-51(58-53(55)47-44-41-38-35-32-29-24-21-18-15-12-9-6-3)50-57-52(54)46-43-40-37-34-31-28-23-20-17-14-11-8-5-2/h11,14,16,19-20,23,25-26,51H,4-10,12-13,15,17-18,21-22,24,27-50H2,1-3H3/b14-11-,19-16-,23-20-,26-25-. The van der Waals surface area contributed by atoms with E-state index in [4.69, 9.17) is 14.2 Å². The molecule has 0 aromatic carbocycles. The van der Waals surface area contributed by atoms with Gasteiger partial charge in [0.15, 0.2) is 6.10 Å². The van der Waals surface area contributed by atoms with E-state index in [0.717, 1.165) is 64.2 Å². The Morgan fingerprint density at radius 3 is 1.24 bits per heavy atom. The SMILES string of the molecule is CCC/C=C\C/C=C\CCCCCCCC(=O)OCC(COCCCCCCCC/C=C\C/C=C\CCCCC)OC(=O)CCCCCCCCCCCCCCC. The molecular weight excluding hydrogens is 717 g/mol. The van der Waals surface area contributed by atoms with Gasteiger partial charge in [-0.25, -0.2) is 0 Å². The van der Waals surface area contributed by atoms with Crippen LogP contribution in [0.3, 0.4) is 0 Å². The molecule has 0 saturated heterocycles. The second-order valence-electron chi connectivity index (χ2n) is 16.7. The van der Waals surface area contributed by atoms with Gasteiger partial charge in [0.25, 0.3) is 0 Å². The fourth-order valence-corrected chi connectivity index (χ4v) is 7.05. The summed E-state index contributed by atoms with van der Waals surface area (Å²) in [6, 6.07) is 0. The molecule has 5 heteroatoms. The average molecular weight is 813 g/mol. The van der Waals surface area contributed by atoms with Crippen LogP contribution in [0.5, 0.6) is 0 Å². The molecule has 0 rings (SSSR count). The second-order valence-corrected chi connectivity index (χ2v) is 16.7. The van der Waals surface area contributed by atoms with Crippen molar-refractivity contribution in [2.24, 2.45) is 0 Å². The van der Waals surface area contributed by atoms with E-state index in [1.165, 1.54) is 154 Å². The molecule has 1 unspecified atom stereocenters. The summed E-state index contributed by atoms with van der Waals surface area (Å²) in [6.45, 7) is 7.73. The van der Waals surface area contributed by atoms with Crippen molar-refractivity contribution >= 4 is 11.9 Å². The van der Waals surface area contributed by atoms with Gasteiger partial charge in [0.1, 0.15) is 6.61 Å². The van der Waals surface area contributed by atoms with Gasteiger partial charge in [0.2, 0.25) is 0 Å². The topological polar surface area (TPSA) is 61.8 Å². The number of unbranched alkanes of at least 4 members (excludes halogenated alkanes) is 27. The van der Waals surface area contributed by atoms with Gasteiger partial charge in [-0.3, -0.25) is 9.59 Å². The Labute approximate surface area is 361 Å². The summed E-state index contributed by atoms with van der Waals surface area (Å²) in [5, 5.41) is 0. The molecule has 0 aliphatic rings. The number of ether oxygens (including phenoxy) is 3. The normalized spacial score (nSPS) is 12.5. The minimum Gasteiger partial charge on any atom is -0.462 e. The minimum atomic E-state index is -0.543. The van der Waals surface area contributed by atoms with Crippen molar-refractivity contribution < 1.29 is 23.8 Å². The van der Waals surface area contributed by atoms with Crippen molar-refractivity contribution in [2.45, 2.75) is 258 Å². The first-order valence-corrected chi connectivity index (χ1v) is 25.2. The number of carbonyl (C=O) groups excluding carboxylic acids is 2. The maximum atomic E-state index is 12.8. The predicted octanol–water partition coefficient (Wildman–Crippen LogP) is 16.8. The Kier molecular flexibility index (Phi) is 47.4. The summed E-state index contributed by atoms with van der Waals surface area (Å²) < 4.78 is 17.4. The van der Waals surface area contributed by atoms with Gasteiger partial charge in [-0.2, -0.15) is 0 Å². The Balaban J connectivity index is 4.28. The first-order valence-electron chi connectivity index (χ1n) is 25.2. The van der Waals surface area contributed by atoms with Crippen molar-refractivity contribution in [1.29, 1.82) is 0 Å². The lowest BCUT2D eigenvalue weighted by Crippen LogP contribution is -2.30. The van der Waals surface area contributed by atoms with Gasteiger partial charge in [-0.1, -0.05) is 211 Å². The van der Waals surface area contributed by atoms with E-state index in [-0.39, 0.29) is 25.2 Å². The fourth-order valence-electron chi connectivity index (χ4n) is 7.05. The van der Waals surface area contributed by atoms with Gasteiger partial charge in [0, 0.05) is 19.4 Å². The molecule has 58 heavy (non-hydrogen) atoms. The third-order valence-electron chi connectivity index (χ3n) is 10.8. The van der Waals surface area contributed by atoms with Crippen LogP contribution in [-0.4, -0.2) is 37.9 Å². The van der Waals surface area contributed by atoms with Crippen molar-refractivity contribution in [1.82, 2.24) is 0 Å². The second kappa shape index (κ2) is 49.2. The summed E-state index contributed by atoms with van der Waals surface area (Å²) in [5.74, 6) is -0.411. The highest BCUT2D eigenvalue weighted by Crippen LogP contribution is 2.15. The molecule has 0 aliphatic heterocycles. The van der Waals surface area contributed by atoms with Crippen LogP contribution in [0.1, 0.15) is 252 Å².